The monoisotopic (exact) mass is 386 g/mol. The predicted molar refractivity (Wildman–Crippen MR) is 111 cm³/mol. The van der Waals surface area contributed by atoms with Crippen molar-refractivity contribution in [1.82, 2.24) is 0 Å². The van der Waals surface area contributed by atoms with Crippen LogP contribution in [0.4, 0.5) is 0 Å². The fourth-order valence-electron chi connectivity index (χ4n) is 8.65. The lowest BCUT2D eigenvalue weighted by Crippen LogP contribution is -2.51. The number of allylic oxidation sites excluding steroid dienone is 1. The molecule has 4 aliphatic carbocycles. The number of carbonyl (C=O) groups is 2. The Bertz CT molecular complexity index is 719. The Hall–Kier alpha value is -1.12. The summed E-state index contributed by atoms with van der Waals surface area (Å²) in [5.74, 6) is 2.50. The second kappa shape index (κ2) is 6.44. The Morgan fingerprint density at radius 3 is 2.39 bits per heavy atom. The first kappa shape index (κ1) is 20.2. The van der Waals surface area contributed by atoms with Crippen LogP contribution in [0.1, 0.15) is 86.5 Å². The van der Waals surface area contributed by atoms with Gasteiger partial charge in [0.25, 0.3) is 0 Å². The molecule has 0 amide bonds. The number of fused-ring (bicyclic) bond motifs is 5. The van der Waals surface area contributed by atoms with Crippen molar-refractivity contribution in [2.75, 3.05) is 0 Å². The summed E-state index contributed by atoms with van der Waals surface area (Å²) in [6, 6.07) is 0. The Balaban J connectivity index is 1.63. The molecule has 3 nitrogen and oxygen atoms in total. The molecule has 0 bridgehead atoms. The highest BCUT2D eigenvalue weighted by molar-refractivity contribution is 5.80. The Morgan fingerprint density at radius 1 is 1.04 bits per heavy atom. The standard InChI is InChI=1S/C25H38O3/c1-15(26)22-23(3,4)14-21-19-8-7-17-13-18(28-16(2)27)9-11-24(17,5)20(19)10-12-25(21,22)6/h7,18-22H,8-14H2,1-6H3/t18?,19-,20+,21+,22+,24+,25+/m1/s1. The fraction of sp³-hybridized carbons (Fsp3) is 0.840. The molecule has 28 heavy (non-hydrogen) atoms. The zero-order valence-electron chi connectivity index (χ0n) is 18.6. The lowest BCUT2D eigenvalue weighted by Gasteiger charge is -2.58. The van der Waals surface area contributed by atoms with E-state index in [0.717, 1.165) is 25.7 Å². The Kier molecular flexibility index (Phi) is 4.64. The number of ketones is 1. The SMILES string of the molecule is CC(=O)OC1CC[C@@]2(C)C(=CC[C@H]3[C@@H]4CC(C)(C)[C@H](C(C)=O)[C@@]4(C)CC[C@@H]32)C1. The zero-order valence-corrected chi connectivity index (χ0v) is 18.6. The van der Waals surface area contributed by atoms with E-state index in [2.05, 4.69) is 33.8 Å². The van der Waals surface area contributed by atoms with Gasteiger partial charge in [-0.15, -0.1) is 0 Å². The molecule has 0 aromatic carbocycles. The van der Waals surface area contributed by atoms with Crippen LogP contribution in [0.2, 0.25) is 0 Å². The third-order valence-corrected chi connectivity index (χ3v) is 9.42. The van der Waals surface area contributed by atoms with Gasteiger partial charge in [-0.2, -0.15) is 0 Å². The van der Waals surface area contributed by atoms with Gasteiger partial charge in [-0.25, -0.2) is 0 Å². The van der Waals surface area contributed by atoms with Crippen LogP contribution < -0.4 is 0 Å². The first-order chi connectivity index (χ1) is 13.0. The van der Waals surface area contributed by atoms with Crippen molar-refractivity contribution in [1.29, 1.82) is 0 Å². The van der Waals surface area contributed by atoms with Gasteiger partial charge in [0, 0.05) is 19.3 Å². The van der Waals surface area contributed by atoms with Gasteiger partial charge in [0.05, 0.1) is 0 Å². The summed E-state index contributed by atoms with van der Waals surface area (Å²) in [4.78, 5) is 24.1. The van der Waals surface area contributed by atoms with E-state index in [0.29, 0.717) is 23.5 Å². The summed E-state index contributed by atoms with van der Waals surface area (Å²) in [5, 5.41) is 0. The van der Waals surface area contributed by atoms with Crippen molar-refractivity contribution in [3.8, 4) is 0 Å². The summed E-state index contributed by atoms with van der Waals surface area (Å²) < 4.78 is 5.56. The number of rotatable bonds is 2. The zero-order chi connectivity index (χ0) is 20.5. The molecule has 0 heterocycles. The molecule has 0 aromatic heterocycles. The lowest BCUT2D eigenvalue weighted by molar-refractivity contribution is -0.149. The maximum Gasteiger partial charge on any atom is 0.302 e. The molecule has 0 saturated heterocycles. The van der Waals surface area contributed by atoms with Gasteiger partial charge < -0.3 is 4.74 Å². The van der Waals surface area contributed by atoms with E-state index in [1.165, 1.54) is 31.8 Å². The minimum Gasteiger partial charge on any atom is -0.462 e. The van der Waals surface area contributed by atoms with Crippen molar-refractivity contribution in [2.24, 2.45) is 39.9 Å². The largest absolute Gasteiger partial charge is 0.462 e. The van der Waals surface area contributed by atoms with E-state index in [9.17, 15) is 9.59 Å². The molecule has 3 fully saturated rings. The second-order valence-electron chi connectivity index (χ2n) is 11.5. The summed E-state index contributed by atoms with van der Waals surface area (Å²) in [7, 11) is 0. The first-order valence-corrected chi connectivity index (χ1v) is 11.4. The number of carbonyl (C=O) groups excluding carboxylic acids is 2. The molecule has 4 rings (SSSR count). The van der Waals surface area contributed by atoms with Crippen LogP contribution in [0.3, 0.4) is 0 Å². The number of Topliss-reactive ketones (excluding diaryl/α,β-unsaturated/α-hetero) is 1. The van der Waals surface area contributed by atoms with Crippen LogP contribution in [0.15, 0.2) is 11.6 Å². The van der Waals surface area contributed by atoms with Crippen LogP contribution in [0, 0.1) is 39.9 Å². The Labute approximate surface area is 170 Å². The number of hydrogen-bond donors (Lipinski definition) is 0. The molecule has 1 unspecified atom stereocenters. The van der Waals surface area contributed by atoms with E-state index in [4.69, 9.17) is 4.74 Å². The molecule has 0 N–H and O–H groups in total. The van der Waals surface area contributed by atoms with E-state index >= 15 is 0 Å². The highest BCUT2D eigenvalue weighted by Crippen LogP contribution is 2.69. The lowest BCUT2D eigenvalue weighted by atomic mass is 9.47. The van der Waals surface area contributed by atoms with E-state index in [-0.39, 0.29) is 34.2 Å². The van der Waals surface area contributed by atoms with Gasteiger partial charge in [0.15, 0.2) is 0 Å². The highest BCUT2D eigenvalue weighted by atomic mass is 16.5. The molecular formula is C25H38O3. The minimum absolute atomic E-state index is 0.0646. The van der Waals surface area contributed by atoms with Crippen LogP contribution in [-0.2, 0) is 14.3 Å². The molecule has 156 valence electrons. The van der Waals surface area contributed by atoms with Crippen molar-refractivity contribution in [3.05, 3.63) is 11.6 Å². The van der Waals surface area contributed by atoms with E-state index < -0.39 is 0 Å². The molecule has 4 aliphatic rings. The molecule has 3 saturated carbocycles. The van der Waals surface area contributed by atoms with Crippen molar-refractivity contribution < 1.29 is 14.3 Å². The minimum atomic E-state index is -0.153. The molecule has 0 radical (unpaired) electrons. The van der Waals surface area contributed by atoms with Crippen LogP contribution in [0.25, 0.3) is 0 Å². The van der Waals surface area contributed by atoms with Gasteiger partial charge in [0.2, 0.25) is 0 Å². The topological polar surface area (TPSA) is 43.4 Å². The molecule has 0 spiro atoms. The summed E-state index contributed by atoms with van der Waals surface area (Å²) in [5.41, 5.74) is 2.06. The summed E-state index contributed by atoms with van der Waals surface area (Å²) >= 11 is 0. The third kappa shape index (κ3) is 2.82. The molecule has 3 heteroatoms. The van der Waals surface area contributed by atoms with Crippen LogP contribution in [0.5, 0.6) is 0 Å². The number of esters is 1. The van der Waals surface area contributed by atoms with Gasteiger partial charge in [0.1, 0.15) is 11.9 Å². The summed E-state index contributed by atoms with van der Waals surface area (Å²) in [6.07, 6.45) is 10.3. The quantitative estimate of drug-likeness (QED) is 0.450. The van der Waals surface area contributed by atoms with Crippen LogP contribution >= 0.6 is 0 Å². The average molecular weight is 387 g/mol. The predicted octanol–water partition coefficient (Wildman–Crippen LogP) is 5.72. The maximum absolute atomic E-state index is 12.6. The molecule has 0 aliphatic heterocycles. The first-order valence-electron chi connectivity index (χ1n) is 11.4. The Morgan fingerprint density at radius 2 is 1.75 bits per heavy atom. The van der Waals surface area contributed by atoms with Crippen molar-refractivity contribution >= 4 is 11.8 Å². The smallest absolute Gasteiger partial charge is 0.302 e. The van der Waals surface area contributed by atoms with Crippen molar-refractivity contribution in [3.63, 3.8) is 0 Å². The third-order valence-electron chi connectivity index (χ3n) is 9.42. The normalized spacial score (nSPS) is 46.6. The number of hydrogen-bond acceptors (Lipinski definition) is 3. The number of ether oxygens (including phenoxy) is 1. The summed E-state index contributed by atoms with van der Waals surface area (Å²) in [6.45, 7) is 12.9. The highest BCUT2D eigenvalue weighted by Gasteiger charge is 2.64. The second-order valence-corrected chi connectivity index (χ2v) is 11.5. The molecule has 0 aromatic rings. The average Bonchev–Trinajstić information content (AvgIpc) is 2.79. The van der Waals surface area contributed by atoms with Crippen molar-refractivity contribution in [2.45, 2.75) is 92.6 Å². The van der Waals surface area contributed by atoms with Gasteiger partial charge in [-0.05, 0) is 79.4 Å². The maximum atomic E-state index is 12.6. The fourth-order valence-corrected chi connectivity index (χ4v) is 8.65. The van der Waals surface area contributed by atoms with E-state index in [1.807, 2.05) is 6.92 Å². The molecule has 7 atom stereocenters. The molecular weight excluding hydrogens is 348 g/mol. The van der Waals surface area contributed by atoms with Gasteiger partial charge in [-0.1, -0.05) is 39.3 Å². The van der Waals surface area contributed by atoms with Gasteiger partial charge in [-0.3, -0.25) is 9.59 Å². The van der Waals surface area contributed by atoms with Crippen LogP contribution in [-0.4, -0.2) is 17.9 Å². The van der Waals surface area contributed by atoms with E-state index in [1.54, 1.807) is 0 Å². The van der Waals surface area contributed by atoms with Gasteiger partial charge >= 0.3 is 5.97 Å².